The molecule has 0 aromatic carbocycles. The van der Waals surface area contributed by atoms with Gasteiger partial charge in [-0.25, -0.2) is 8.78 Å². The summed E-state index contributed by atoms with van der Waals surface area (Å²) in [6.45, 7) is 0. The van der Waals surface area contributed by atoms with Crippen molar-refractivity contribution >= 4 is 11.7 Å². The number of anilines is 1. The van der Waals surface area contributed by atoms with Crippen molar-refractivity contribution in [1.82, 2.24) is 19.6 Å². The second kappa shape index (κ2) is 4.55. The largest absolute Gasteiger partial charge is 0.305 e. The molecule has 8 heteroatoms. The first kappa shape index (κ1) is 12.2. The number of carbonyl (C=O) groups is 1. The van der Waals surface area contributed by atoms with Gasteiger partial charge in [0.05, 0.1) is 5.56 Å². The van der Waals surface area contributed by atoms with E-state index in [9.17, 15) is 13.6 Å². The van der Waals surface area contributed by atoms with E-state index in [1.54, 1.807) is 19.3 Å². The summed E-state index contributed by atoms with van der Waals surface area (Å²) in [5.41, 5.74) is -0.691. The Labute approximate surface area is 101 Å². The molecule has 2 heterocycles. The minimum atomic E-state index is -2.80. The zero-order valence-electron chi connectivity index (χ0n) is 9.76. The van der Waals surface area contributed by atoms with Crippen molar-refractivity contribution < 1.29 is 13.6 Å². The molecule has 6 nitrogen and oxygen atoms in total. The van der Waals surface area contributed by atoms with Crippen LogP contribution in [0.2, 0.25) is 0 Å². The molecule has 0 spiro atoms. The van der Waals surface area contributed by atoms with Crippen molar-refractivity contribution in [3.05, 3.63) is 29.7 Å². The maximum atomic E-state index is 12.7. The van der Waals surface area contributed by atoms with Crippen molar-refractivity contribution in [3.8, 4) is 0 Å². The summed E-state index contributed by atoms with van der Waals surface area (Å²) in [6.07, 6.45) is 0.0859. The van der Waals surface area contributed by atoms with Gasteiger partial charge in [0.15, 0.2) is 5.82 Å². The van der Waals surface area contributed by atoms with E-state index in [4.69, 9.17) is 0 Å². The highest BCUT2D eigenvalue weighted by Crippen LogP contribution is 2.21. The number of hydrogen-bond acceptors (Lipinski definition) is 3. The highest BCUT2D eigenvalue weighted by Gasteiger charge is 2.22. The summed E-state index contributed by atoms with van der Waals surface area (Å²) in [5, 5.41) is 9.92. The van der Waals surface area contributed by atoms with Crippen LogP contribution >= 0.6 is 0 Å². The molecule has 2 rings (SSSR count). The third kappa shape index (κ3) is 2.36. The molecule has 0 fully saturated rings. The number of alkyl halides is 2. The first-order chi connectivity index (χ1) is 8.47. The van der Waals surface area contributed by atoms with Crippen molar-refractivity contribution in [2.75, 3.05) is 5.32 Å². The summed E-state index contributed by atoms with van der Waals surface area (Å²) in [4.78, 5) is 11.8. The SMILES string of the molecule is Cn1ccc(NC(=O)c2cn(C)nc2C(F)F)n1. The molecule has 0 saturated carbocycles. The smallest absolute Gasteiger partial charge is 0.282 e. The van der Waals surface area contributed by atoms with Crippen LogP contribution in [0.15, 0.2) is 18.5 Å². The zero-order chi connectivity index (χ0) is 13.3. The summed E-state index contributed by atoms with van der Waals surface area (Å²) < 4.78 is 28.0. The molecule has 0 unspecified atom stereocenters. The summed E-state index contributed by atoms with van der Waals surface area (Å²) >= 11 is 0. The minimum Gasteiger partial charge on any atom is -0.305 e. The normalized spacial score (nSPS) is 10.9. The van der Waals surface area contributed by atoms with Crippen LogP contribution in [0, 0.1) is 0 Å². The molecule has 96 valence electrons. The predicted molar refractivity (Wildman–Crippen MR) is 59.3 cm³/mol. The van der Waals surface area contributed by atoms with Gasteiger partial charge in [0.1, 0.15) is 5.69 Å². The third-order valence-corrected chi connectivity index (χ3v) is 2.26. The summed E-state index contributed by atoms with van der Waals surface area (Å²) in [5.74, 6) is -0.358. The Morgan fingerprint density at radius 2 is 2.06 bits per heavy atom. The maximum absolute atomic E-state index is 12.7. The fourth-order valence-electron chi connectivity index (χ4n) is 1.51. The van der Waals surface area contributed by atoms with Gasteiger partial charge < -0.3 is 5.32 Å². The number of aryl methyl sites for hydroxylation is 2. The van der Waals surface area contributed by atoms with Gasteiger partial charge in [-0.2, -0.15) is 10.2 Å². The molecule has 2 aromatic heterocycles. The van der Waals surface area contributed by atoms with Gasteiger partial charge >= 0.3 is 0 Å². The van der Waals surface area contributed by atoms with Gasteiger partial charge in [-0.1, -0.05) is 0 Å². The van der Waals surface area contributed by atoms with Crippen molar-refractivity contribution in [2.24, 2.45) is 14.1 Å². The Morgan fingerprint density at radius 3 is 2.61 bits per heavy atom. The second-order valence-electron chi connectivity index (χ2n) is 3.73. The number of rotatable bonds is 3. The van der Waals surface area contributed by atoms with Gasteiger partial charge in [-0.05, 0) is 0 Å². The minimum absolute atomic E-state index is 0.154. The van der Waals surface area contributed by atoms with Crippen LogP contribution in [0.5, 0.6) is 0 Å². The van der Waals surface area contributed by atoms with Crippen molar-refractivity contribution in [1.29, 1.82) is 0 Å². The fourth-order valence-corrected chi connectivity index (χ4v) is 1.51. The molecule has 0 radical (unpaired) electrons. The van der Waals surface area contributed by atoms with Gasteiger partial charge in [0.25, 0.3) is 12.3 Å². The van der Waals surface area contributed by atoms with E-state index in [1.165, 1.54) is 22.6 Å². The molecule has 1 amide bonds. The summed E-state index contributed by atoms with van der Waals surface area (Å²) in [7, 11) is 3.16. The molecule has 0 atom stereocenters. The van der Waals surface area contributed by atoms with Crippen LogP contribution in [0.1, 0.15) is 22.5 Å². The van der Waals surface area contributed by atoms with Crippen LogP contribution in [-0.4, -0.2) is 25.5 Å². The Balaban J connectivity index is 2.23. The van der Waals surface area contributed by atoms with E-state index in [2.05, 4.69) is 15.5 Å². The number of nitrogens with one attached hydrogen (secondary N) is 1. The van der Waals surface area contributed by atoms with E-state index in [1.807, 2.05) is 0 Å². The number of carbonyl (C=O) groups excluding carboxylic acids is 1. The standard InChI is InChI=1S/C10H11F2N5O/c1-16-4-3-7(14-16)13-10(18)6-5-17(2)15-8(6)9(11)12/h3-5,9H,1-2H3,(H,13,14,18). The number of amides is 1. The molecule has 2 aromatic rings. The molecule has 1 N–H and O–H groups in total. The Hall–Kier alpha value is -2.25. The number of nitrogens with zero attached hydrogens (tertiary/aromatic N) is 4. The maximum Gasteiger partial charge on any atom is 0.282 e. The number of hydrogen-bond donors (Lipinski definition) is 1. The fraction of sp³-hybridized carbons (Fsp3) is 0.300. The average molecular weight is 255 g/mol. The van der Waals surface area contributed by atoms with Crippen molar-refractivity contribution in [2.45, 2.75) is 6.43 Å². The van der Waals surface area contributed by atoms with Crippen LogP contribution in [-0.2, 0) is 14.1 Å². The van der Waals surface area contributed by atoms with Crippen LogP contribution in [0.25, 0.3) is 0 Å². The lowest BCUT2D eigenvalue weighted by Crippen LogP contribution is -2.14. The van der Waals surface area contributed by atoms with Crippen LogP contribution in [0.4, 0.5) is 14.6 Å². The lowest BCUT2D eigenvalue weighted by atomic mass is 10.2. The highest BCUT2D eigenvalue weighted by atomic mass is 19.3. The molecule has 0 aliphatic rings. The second-order valence-corrected chi connectivity index (χ2v) is 3.73. The van der Waals surface area contributed by atoms with E-state index in [0.29, 0.717) is 5.82 Å². The number of halogens is 2. The van der Waals surface area contributed by atoms with Crippen LogP contribution < -0.4 is 5.32 Å². The Kier molecular flexibility index (Phi) is 3.09. The predicted octanol–water partition coefficient (Wildman–Crippen LogP) is 1.34. The van der Waals surface area contributed by atoms with Gasteiger partial charge in [0.2, 0.25) is 0 Å². The van der Waals surface area contributed by atoms with E-state index in [-0.39, 0.29) is 5.56 Å². The molecular weight excluding hydrogens is 244 g/mol. The lowest BCUT2D eigenvalue weighted by Gasteiger charge is -2.01. The third-order valence-electron chi connectivity index (χ3n) is 2.26. The van der Waals surface area contributed by atoms with Crippen LogP contribution in [0.3, 0.4) is 0 Å². The summed E-state index contributed by atoms with van der Waals surface area (Å²) in [6, 6.07) is 1.57. The van der Waals surface area contributed by atoms with Crippen molar-refractivity contribution in [3.63, 3.8) is 0 Å². The topological polar surface area (TPSA) is 64.7 Å². The van der Waals surface area contributed by atoms with E-state index >= 15 is 0 Å². The van der Waals surface area contributed by atoms with Gasteiger partial charge in [-0.15, -0.1) is 0 Å². The quantitative estimate of drug-likeness (QED) is 0.900. The molecule has 0 bridgehead atoms. The van der Waals surface area contributed by atoms with Gasteiger partial charge in [0, 0.05) is 32.6 Å². The first-order valence-corrected chi connectivity index (χ1v) is 5.10. The first-order valence-electron chi connectivity index (χ1n) is 5.10. The molecule has 0 aliphatic heterocycles. The zero-order valence-corrected chi connectivity index (χ0v) is 9.76. The van der Waals surface area contributed by atoms with E-state index in [0.717, 1.165) is 0 Å². The van der Waals surface area contributed by atoms with Gasteiger partial charge in [-0.3, -0.25) is 14.2 Å². The average Bonchev–Trinajstić information content (AvgIpc) is 2.85. The molecule has 0 aliphatic carbocycles. The Morgan fingerprint density at radius 1 is 1.33 bits per heavy atom. The number of aromatic nitrogens is 4. The Bertz CT molecular complexity index is 575. The molecule has 18 heavy (non-hydrogen) atoms. The highest BCUT2D eigenvalue weighted by molar-refractivity contribution is 6.04. The monoisotopic (exact) mass is 255 g/mol. The molecule has 0 saturated heterocycles. The molecular formula is C10H11F2N5O. The lowest BCUT2D eigenvalue weighted by molar-refractivity contribution is 0.101. The van der Waals surface area contributed by atoms with E-state index < -0.39 is 18.0 Å².